The zero-order valence-electron chi connectivity index (χ0n) is 14.8. The number of para-hydroxylation sites is 1. The largest absolute Gasteiger partial charge is 0.332 e. The first-order valence-electron chi connectivity index (χ1n) is 8.53. The summed E-state index contributed by atoms with van der Waals surface area (Å²) < 4.78 is 2.01. The number of nitrogens with one attached hydrogen (secondary N) is 2. The van der Waals surface area contributed by atoms with E-state index in [2.05, 4.69) is 31.5 Å². The molecule has 0 aliphatic carbocycles. The van der Waals surface area contributed by atoms with Gasteiger partial charge in [-0.05, 0) is 66.8 Å². The van der Waals surface area contributed by atoms with Crippen molar-refractivity contribution in [1.82, 2.24) is 10.3 Å². The number of fused-ring (bicyclic) bond motifs is 1. The molecule has 1 aromatic heterocycles. The maximum atomic E-state index is 12.3. The third-order valence-corrected chi connectivity index (χ3v) is 6.20. The molecule has 0 unspecified atom stereocenters. The fourth-order valence-electron chi connectivity index (χ4n) is 2.69. The van der Waals surface area contributed by atoms with E-state index in [0.29, 0.717) is 16.3 Å². The number of rotatable bonds is 3. The maximum Gasteiger partial charge on any atom is 0.257 e. The average Bonchev–Trinajstić information content (AvgIpc) is 3.12. The standard InChI is InChI=1S/C21H13BrClN3OS2/c22-13-7-5-12(6-8-13)19(27)26-21(28)24-14-9-10-15(16(23)11-14)20-25-17-3-1-2-4-18(17)29-20/h1-11H,(H2,24,26,27,28). The molecule has 0 saturated carbocycles. The Morgan fingerprint density at radius 2 is 1.83 bits per heavy atom. The van der Waals surface area contributed by atoms with Crippen molar-refractivity contribution >= 4 is 78.0 Å². The number of thiazole rings is 1. The Kier molecular flexibility index (Phi) is 5.91. The lowest BCUT2D eigenvalue weighted by Crippen LogP contribution is -2.34. The molecule has 1 amide bonds. The Bertz CT molecular complexity index is 1190. The molecule has 0 saturated heterocycles. The number of carbonyl (C=O) groups excluding carboxylic acids is 1. The number of benzene rings is 3. The number of anilines is 1. The summed E-state index contributed by atoms with van der Waals surface area (Å²) in [6.45, 7) is 0. The zero-order valence-corrected chi connectivity index (χ0v) is 18.8. The minimum Gasteiger partial charge on any atom is -0.332 e. The number of thiocarbonyl (C=S) groups is 1. The van der Waals surface area contributed by atoms with Gasteiger partial charge in [-0.25, -0.2) is 4.98 Å². The Balaban J connectivity index is 1.47. The zero-order chi connectivity index (χ0) is 20.4. The van der Waals surface area contributed by atoms with Gasteiger partial charge in [-0.3, -0.25) is 10.1 Å². The van der Waals surface area contributed by atoms with Crippen molar-refractivity contribution in [3.8, 4) is 10.6 Å². The maximum absolute atomic E-state index is 12.3. The second-order valence-corrected chi connectivity index (χ2v) is 8.86. The molecular weight excluding hydrogens is 490 g/mol. The Labute approximate surface area is 190 Å². The van der Waals surface area contributed by atoms with Crippen LogP contribution in [0.3, 0.4) is 0 Å². The third kappa shape index (κ3) is 4.64. The number of hydrogen-bond acceptors (Lipinski definition) is 4. The van der Waals surface area contributed by atoms with Gasteiger partial charge in [-0.2, -0.15) is 0 Å². The Hall–Kier alpha value is -2.32. The predicted molar refractivity (Wildman–Crippen MR) is 128 cm³/mol. The highest BCUT2D eigenvalue weighted by molar-refractivity contribution is 9.10. The number of halogens is 2. The molecule has 0 bridgehead atoms. The van der Waals surface area contributed by atoms with Crippen LogP contribution in [0.25, 0.3) is 20.8 Å². The molecule has 1 heterocycles. The van der Waals surface area contributed by atoms with Crippen molar-refractivity contribution in [2.24, 2.45) is 0 Å². The van der Waals surface area contributed by atoms with Crippen LogP contribution in [0.15, 0.2) is 71.2 Å². The van der Waals surface area contributed by atoms with Crippen LogP contribution in [0, 0.1) is 0 Å². The van der Waals surface area contributed by atoms with Crippen LogP contribution in [-0.4, -0.2) is 16.0 Å². The van der Waals surface area contributed by atoms with E-state index in [1.54, 1.807) is 41.7 Å². The first kappa shape index (κ1) is 20.0. The summed E-state index contributed by atoms with van der Waals surface area (Å²) in [6.07, 6.45) is 0. The first-order chi connectivity index (χ1) is 14.0. The van der Waals surface area contributed by atoms with Gasteiger partial charge in [0.2, 0.25) is 0 Å². The van der Waals surface area contributed by atoms with E-state index in [1.807, 2.05) is 36.4 Å². The van der Waals surface area contributed by atoms with Gasteiger partial charge in [-0.1, -0.05) is 39.7 Å². The number of carbonyl (C=O) groups is 1. The average molecular weight is 503 g/mol. The van der Waals surface area contributed by atoms with Crippen molar-refractivity contribution in [1.29, 1.82) is 0 Å². The van der Waals surface area contributed by atoms with E-state index < -0.39 is 0 Å². The van der Waals surface area contributed by atoms with Crippen molar-refractivity contribution in [3.63, 3.8) is 0 Å². The highest BCUT2D eigenvalue weighted by atomic mass is 79.9. The van der Waals surface area contributed by atoms with Gasteiger partial charge in [0.1, 0.15) is 5.01 Å². The molecular formula is C21H13BrClN3OS2. The Morgan fingerprint density at radius 3 is 2.55 bits per heavy atom. The quantitative estimate of drug-likeness (QED) is 0.314. The van der Waals surface area contributed by atoms with Gasteiger partial charge >= 0.3 is 0 Å². The van der Waals surface area contributed by atoms with E-state index in [9.17, 15) is 4.79 Å². The first-order valence-corrected chi connectivity index (χ1v) is 10.9. The van der Waals surface area contributed by atoms with Gasteiger partial charge in [0.25, 0.3) is 5.91 Å². The monoisotopic (exact) mass is 501 g/mol. The van der Waals surface area contributed by atoms with Crippen LogP contribution in [0.2, 0.25) is 5.02 Å². The molecule has 0 atom stereocenters. The topological polar surface area (TPSA) is 54.0 Å². The molecule has 4 aromatic rings. The van der Waals surface area contributed by atoms with Crippen LogP contribution in [0.5, 0.6) is 0 Å². The van der Waals surface area contributed by atoms with Gasteiger partial charge in [0, 0.05) is 21.3 Å². The van der Waals surface area contributed by atoms with E-state index in [1.165, 1.54) is 0 Å². The highest BCUT2D eigenvalue weighted by Gasteiger charge is 2.12. The minimum atomic E-state index is -0.285. The molecule has 0 fully saturated rings. The van der Waals surface area contributed by atoms with Crippen molar-refractivity contribution in [2.45, 2.75) is 0 Å². The van der Waals surface area contributed by atoms with Crippen LogP contribution < -0.4 is 10.6 Å². The van der Waals surface area contributed by atoms with Crippen molar-refractivity contribution in [3.05, 3.63) is 81.8 Å². The molecule has 144 valence electrons. The van der Waals surface area contributed by atoms with Crippen molar-refractivity contribution in [2.75, 3.05) is 5.32 Å². The molecule has 29 heavy (non-hydrogen) atoms. The second-order valence-electron chi connectivity index (χ2n) is 6.10. The molecule has 4 nitrogen and oxygen atoms in total. The van der Waals surface area contributed by atoms with E-state index in [-0.39, 0.29) is 11.0 Å². The molecule has 8 heteroatoms. The minimum absolute atomic E-state index is 0.196. The van der Waals surface area contributed by atoms with E-state index >= 15 is 0 Å². The van der Waals surface area contributed by atoms with Gasteiger partial charge in [0.05, 0.1) is 15.2 Å². The fraction of sp³-hybridized carbons (Fsp3) is 0. The molecule has 0 radical (unpaired) electrons. The van der Waals surface area contributed by atoms with Crippen LogP contribution >= 0.6 is 51.1 Å². The molecule has 0 aliphatic rings. The van der Waals surface area contributed by atoms with Crippen LogP contribution in [0.1, 0.15) is 10.4 Å². The SMILES string of the molecule is O=C(NC(=S)Nc1ccc(-c2nc3ccccc3s2)c(Cl)c1)c1ccc(Br)cc1. The normalized spacial score (nSPS) is 10.7. The molecule has 3 aromatic carbocycles. The fourth-order valence-corrected chi connectivity index (χ4v) is 4.50. The predicted octanol–water partition coefficient (Wildman–Crippen LogP) is 6.51. The summed E-state index contributed by atoms with van der Waals surface area (Å²) in [7, 11) is 0. The van der Waals surface area contributed by atoms with Crippen LogP contribution in [-0.2, 0) is 0 Å². The third-order valence-electron chi connectivity index (χ3n) is 4.08. The van der Waals surface area contributed by atoms with Gasteiger partial charge in [0.15, 0.2) is 5.11 Å². The lowest BCUT2D eigenvalue weighted by atomic mass is 10.2. The summed E-state index contributed by atoms with van der Waals surface area (Å²) in [6, 6.07) is 20.5. The lowest BCUT2D eigenvalue weighted by Gasteiger charge is -2.11. The lowest BCUT2D eigenvalue weighted by molar-refractivity contribution is 0.0977. The van der Waals surface area contributed by atoms with Crippen molar-refractivity contribution < 1.29 is 4.79 Å². The molecule has 0 aliphatic heterocycles. The summed E-state index contributed by atoms with van der Waals surface area (Å²) >= 11 is 16.7. The number of amides is 1. The summed E-state index contributed by atoms with van der Waals surface area (Å²) in [4.78, 5) is 16.9. The molecule has 0 spiro atoms. The smallest absolute Gasteiger partial charge is 0.257 e. The Morgan fingerprint density at radius 1 is 1.07 bits per heavy atom. The number of aromatic nitrogens is 1. The summed E-state index contributed by atoms with van der Waals surface area (Å²) in [5, 5.41) is 7.25. The van der Waals surface area contributed by atoms with Gasteiger partial charge in [-0.15, -0.1) is 11.3 Å². The number of nitrogens with zero attached hydrogens (tertiary/aromatic N) is 1. The van der Waals surface area contributed by atoms with Crippen LogP contribution in [0.4, 0.5) is 5.69 Å². The van der Waals surface area contributed by atoms with Gasteiger partial charge < -0.3 is 5.32 Å². The summed E-state index contributed by atoms with van der Waals surface area (Å²) in [5.74, 6) is -0.285. The molecule has 2 N–H and O–H groups in total. The number of hydrogen-bond donors (Lipinski definition) is 2. The second kappa shape index (κ2) is 8.59. The highest BCUT2D eigenvalue weighted by Crippen LogP contribution is 2.35. The van der Waals surface area contributed by atoms with E-state index in [0.717, 1.165) is 25.3 Å². The van der Waals surface area contributed by atoms with E-state index in [4.69, 9.17) is 23.8 Å². The molecule has 4 rings (SSSR count). The summed E-state index contributed by atoms with van der Waals surface area (Å²) in [5.41, 5.74) is 2.99.